The molecule has 2 aromatic carbocycles. The highest BCUT2D eigenvalue weighted by Crippen LogP contribution is 2.37. The number of halogens is 3. The number of rotatable bonds is 4. The fourth-order valence-electron chi connectivity index (χ4n) is 3.79. The molecule has 0 fully saturated rings. The summed E-state index contributed by atoms with van der Waals surface area (Å²) in [6.07, 6.45) is -3.89. The summed E-state index contributed by atoms with van der Waals surface area (Å²) in [6.45, 7) is 6.78. The summed E-state index contributed by atoms with van der Waals surface area (Å²) in [4.78, 5) is 9.03. The van der Waals surface area contributed by atoms with Crippen LogP contribution in [0.5, 0.6) is 11.5 Å². The molecule has 0 bridgehead atoms. The van der Waals surface area contributed by atoms with E-state index in [1.807, 2.05) is 6.92 Å². The lowest BCUT2D eigenvalue weighted by atomic mass is 10.0. The van der Waals surface area contributed by atoms with Gasteiger partial charge in [-0.2, -0.15) is 13.2 Å². The zero-order valence-electron chi connectivity index (χ0n) is 19.2. The minimum atomic E-state index is -4.49. The number of alkyl halides is 3. The van der Waals surface area contributed by atoms with E-state index in [-0.39, 0.29) is 11.8 Å². The third-order valence-electron chi connectivity index (χ3n) is 5.57. The Morgan fingerprint density at radius 1 is 1.12 bits per heavy atom. The Kier molecular flexibility index (Phi) is 6.70. The molecule has 10 heteroatoms. The summed E-state index contributed by atoms with van der Waals surface area (Å²) in [5.41, 5.74) is 6.01. The molecule has 7 nitrogen and oxygen atoms in total. The maximum atomic E-state index is 13.3. The Balaban J connectivity index is 1.73. The Hall–Kier alpha value is -3.27. The second-order valence-corrected chi connectivity index (χ2v) is 8.26. The van der Waals surface area contributed by atoms with Crippen LogP contribution >= 0.6 is 0 Å². The van der Waals surface area contributed by atoms with Crippen LogP contribution in [0.2, 0.25) is 0 Å². The SMILES string of the molecule is CCC1COCCOc2cc3nc(C)nc(NC(C)c4cc(N)cc(C(F)(F)F)c4)c3cc2O1. The first-order chi connectivity index (χ1) is 16.1. The van der Waals surface area contributed by atoms with Gasteiger partial charge in [-0.1, -0.05) is 6.92 Å². The van der Waals surface area contributed by atoms with E-state index in [9.17, 15) is 13.2 Å². The zero-order valence-corrected chi connectivity index (χ0v) is 19.2. The minimum absolute atomic E-state index is 0.0398. The number of hydrogen-bond acceptors (Lipinski definition) is 7. The monoisotopic (exact) mass is 476 g/mol. The van der Waals surface area contributed by atoms with Crippen molar-refractivity contribution in [2.45, 2.75) is 45.5 Å². The van der Waals surface area contributed by atoms with Crippen molar-refractivity contribution < 1.29 is 27.4 Å². The lowest BCUT2D eigenvalue weighted by Crippen LogP contribution is -2.22. The van der Waals surface area contributed by atoms with E-state index < -0.39 is 17.8 Å². The summed E-state index contributed by atoms with van der Waals surface area (Å²) in [6, 6.07) is 6.60. The van der Waals surface area contributed by atoms with Gasteiger partial charge in [-0.25, -0.2) is 9.97 Å². The zero-order chi connectivity index (χ0) is 24.5. The Labute approximate surface area is 195 Å². The van der Waals surface area contributed by atoms with Gasteiger partial charge in [0, 0.05) is 17.1 Å². The van der Waals surface area contributed by atoms with E-state index in [4.69, 9.17) is 19.9 Å². The van der Waals surface area contributed by atoms with Crippen molar-refractivity contribution in [1.29, 1.82) is 0 Å². The first-order valence-electron chi connectivity index (χ1n) is 11.1. The topological polar surface area (TPSA) is 91.5 Å². The predicted molar refractivity (Wildman–Crippen MR) is 123 cm³/mol. The largest absolute Gasteiger partial charge is 0.487 e. The molecule has 182 valence electrons. The molecule has 0 saturated heterocycles. The molecule has 2 unspecified atom stereocenters. The van der Waals surface area contributed by atoms with Crippen LogP contribution in [0.25, 0.3) is 10.9 Å². The van der Waals surface area contributed by atoms with Gasteiger partial charge in [-0.3, -0.25) is 0 Å². The van der Waals surface area contributed by atoms with Gasteiger partial charge in [-0.05, 0) is 50.1 Å². The number of benzene rings is 2. The summed E-state index contributed by atoms with van der Waals surface area (Å²) >= 11 is 0. The lowest BCUT2D eigenvalue weighted by molar-refractivity contribution is -0.137. The number of nitrogens with two attached hydrogens (primary N) is 1. The van der Waals surface area contributed by atoms with E-state index in [1.165, 1.54) is 6.07 Å². The number of nitrogens with one attached hydrogen (secondary N) is 1. The van der Waals surface area contributed by atoms with Crippen molar-refractivity contribution in [3.63, 3.8) is 0 Å². The van der Waals surface area contributed by atoms with Crippen LogP contribution in [0.4, 0.5) is 24.7 Å². The van der Waals surface area contributed by atoms with Gasteiger partial charge < -0.3 is 25.3 Å². The molecule has 1 aliphatic heterocycles. The molecule has 4 rings (SSSR count). The van der Waals surface area contributed by atoms with E-state index in [2.05, 4.69) is 15.3 Å². The molecule has 0 amide bonds. The number of aromatic nitrogens is 2. The number of fused-ring (bicyclic) bond motifs is 2. The van der Waals surface area contributed by atoms with Crippen molar-refractivity contribution in [3.05, 3.63) is 47.3 Å². The third-order valence-corrected chi connectivity index (χ3v) is 5.57. The molecule has 0 saturated carbocycles. The van der Waals surface area contributed by atoms with E-state index in [0.29, 0.717) is 59.4 Å². The van der Waals surface area contributed by atoms with Gasteiger partial charge in [0.15, 0.2) is 11.5 Å². The highest BCUT2D eigenvalue weighted by molar-refractivity contribution is 5.92. The maximum absolute atomic E-state index is 13.3. The van der Waals surface area contributed by atoms with Crippen molar-refractivity contribution in [2.75, 3.05) is 30.9 Å². The Bertz CT molecular complexity index is 1190. The average Bonchev–Trinajstić information content (AvgIpc) is 2.86. The van der Waals surface area contributed by atoms with Crippen LogP contribution in [0.3, 0.4) is 0 Å². The highest BCUT2D eigenvalue weighted by Gasteiger charge is 2.31. The number of ether oxygens (including phenoxy) is 3. The normalized spacial score (nSPS) is 17.5. The van der Waals surface area contributed by atoms with Gasteiger partial charge >= 0.3 is 6.18 Å². The molecule has 3 N–H and O–H groups in total. The van der Waals surface area contributed by atoms with Crippen molar-refractivity contribution >= 4 is 22.4 Å². The molecule has 0 radical (unpaired) electrons. The minimum Gasteiger partial charge on any atom is -0.487 e. The quantitative estimate of drug-likeness (QED) is 0.495. The summed E-state index contributed by atoms with van der Waals surface area (Å²) in [5, 5.41) is 3.89. The predicted octanol–water partition coefficient (Wildman–Crippen LogP) is 5.28. The molecular weight excluding hydrogens is 449 g/mol. The van der Waals surface area contributed by atoms with Gasteiger partial charge in [0.25, 0.3) is 0 Å². The van der Waals surface area contributed by atoms with Crippen LogP contribution in [-0.2, 0) is 10.9 Å². The van der Waals surface area contributed by atoms with Crippen LogP contribution in [-0.4, -0.2) is 35.9 Å². The molecule has 34 heavy (non-hydrogen) atoms. The fraction of sp³-hybridized carbons (Fsp3) is 0.417. The van der Waals surface area contributed by atoms with Crippen molar-refractivity contribution in [1.82, 2.24) is 9.97 Å². The molecular formula is C24H27F3N4O3. The maximum Gasteiger partial charge on any atom is 0.416 e. The van der Waals surface area contributed by atoms with Crippen molar-refractivity contribution in [2.24, 2.45) is 0 Å². The van der Waals surface area contributed by atoms with Crippen LogP contribution < -0.4 is 20.5 Å². The first kappa shape index (κ1) is 23.9. The summed E-state index contributed by atoms with van der Waals surface area (Å²) < 4.78 is 57.4. The van der Waals surface area contributed by atoms with E-state index >= 15 is 0 Å². The van der Waals surface area contributed by atoms with Gasteiger partial charge in [-0.15, -0.1) is 0 Å². The average molecular weight is 476 g/mol. The molecule has 1 aromatic heterocycles. The number of nitrogen functional groups attached to an aromatic ring is 1. The van der Waals surface area contributed by atoms with Crippen LogP contribution in [0.15, 0.2) is 30.3 Å². The number of nitrogens with zero attached hydrogens (tertiary/aromatic N) is 2. The van der Waals surface area contributed by atoms with E-state index in [1.54, 1.807) is 26.0 Å². The van der Waals surface area contributed by atoms with Gasteiger partial charge in [0.1, 0.15) is 24.4 Å². The molecule has 2 atom stereocenters. The number of anilines is 2. The Morgan fingerprint density at radius 2 is 1.91 bits per heavy atom. The molecule has 2 heterocycles. The lowest BCUT2D eigenvalue weighted by Gasteiger charge is -2.21. The van der Waals surface area contributed by atoms with Crippen LogP contribution in [0, 0.1) is 6.92 Å². The molecule has 0 aliphatic carbocycles. The van der Waals surface area contributed by atoms with Crippen molar-refractivity contribution in [3.8, 4) is 11.5 Å². The van der Waals surface area contributed by atoms with Gasteiger partial charge in [0.05, 0.1) is 30.3 Å². The standard InChI is InChI=1S/C24H27F3N4O3/c1-4-18-12-32-5-6-33-21-11-20-19(10-22(21)34-18)23(31-14(3)30-20)29-13(2)15-7-16(24(25,26)27)9-17(28)8-15/h7-11,13,18H,4-6,12,28H2,1-3H3,(H,29,30,31). The van der Waals surface area contributed by atoms with E-state index in [0.717, 1.165) is 18.6 Å². The smallest absolute Gasteiger partial charge is 0.416 e. The third kappa shape index (κ3) is 5.27. The molecule has 1 aliphatic rings. The fourth-order valence-corrected chi connectivity index (χ4v) is 3.79. The number of aryl methyl sites for hydroxylation is 1. The molecule has 3 aromatic rings. The highest BCUT2D eigenvalue weighted by atomic mass is 19.4. The van der Waals surface area contributed by atoms with Gasteiger partial charge in [0.2, 0.25) is 0 Å². The summed E-state index contributed by atoms with van der Waals surface area (Å²) in [7, 11) is 0. The number of hydrogen-bond donors (Lipinski definition) is 2. The van der Waals surface area contributed by atoms with Crippen LogP contribution in [0.1, 0.15) is 43.3 Å². The second kappa shape index (κ2) is 9.54. The second-order valence-electron chi connectivity index (χ2n) is 8.26. The Morgan fingerprint density at radius 3 is 2.65 bits per heavy atom. The first-order valence-corrected chi connectivity index (χ1v) is 11.1. The molecule has 0 spiro atoms. The summed E-state index contributed by atoms with van der Waals surface area (Å²) in [5.74, 6) is 2.07.